The van der Waals surface area contributed by atoms with Crippen LogP contribution >= 0.6 is 0 Å². The molecule has 0 N–H and O–H groups in total. The zero-order valence-corrected chi connectivity index (χ0v) is 68.3. The predicted octanol–water partition coefficient (Wildman–Crippen LogP) is 18.1. The topological polar surface area (TPSA) is 189 Å². The first kappa shape index (κ1) is 80.6. The van der Waals surface area contributed by atoms with E-state index in [2.05, 4.69) is 247 Å². The standard InChI is InChI=1S/C49H67N3O8Si2.C39H43N3O5/c1-10-52(27-30-57-45(53)25-26-46(54)58-32-31-56-29-16-34-62(8,9)60-61(6,7)33-15-28-55-5)38-23-21-37(22-24-38)41-35-43-47(40-18-12-11-17-39(40)41)59-49(36-50-43)48(2,3)42-19-13-14-20-44(42)51(49)4;1-6-23-45-35(43)20-21-36(44)46-24-22-42(7-2)28-18-16-27(17-19-28)31-25-33-37(30-13-9-8-12-29(30)31)47-39(26-40-33)38(3,4)32-14-10-11-15-34(32)41(39)5/h11-14,17-24,35-36H,10,15-16,25-34H2,1-9H3;8-19,25-26H,6-7,20-24H2,1-5H3. The van der Waals surface area contributed by atoms with Gasteiger partial charge in [-0.1, -0.05) is 116 Å². The number of para-hydroxylation sites is 2. The van der Waals surface area contributed by atoms with Crippen LogP contribution in [0.25, 0.3) is 43.8 Å². The van der Waals surface area contributed by atoms with Gasteiger partial charge in [-0.05, 0) is 192 Å². The van der Waals surface area contributed by atoms with E-state index in [-0.39, 0.29) is 62.3 Å². The van der Waals surface area contributed by atoms with Crippen LogP contribution in [0, 0.1) is 0 Å². The number of likely N-dealkylation sites (N-methyl/N-ethyl adjacent to an activating group) is 4. The summed E-state index contributed by atoms with van der Waals surface area (Å²) in [5.41, 5.74) is 10.5. The molecule has 0 fully saturated rings. The Hall–Kier alpha value is -9.39. The van der Waals surface area contributed by atoms with E-state index in [9.17, 15) is 19.2 Å². The van der Waals surface area contributed by atoms with Crippen LogP contribution in [0.5, 0.6) is 11.5 Å². The van der Waals surface area contributed by atoms with Crippen LogP contribution in [-0.4, -0.2) is 158 Å². The predicted molar refractivity (Wildman–Crippen MR) is 443 cm³/mol. The SMILES string of the molecule is CCCOC(=O)CCC(=O)OCCN(CC)c1ccc(-c2cc3c(c4ccccc24)OC2(C=N3)N(C)c3ccccc3C2(C)C)cc1.CCN(CCOC(=O)CCC(=O)OCCOCCC[Si](C)(C)O[Si](C)(C)CCCOC)c1ccc(-c2cc3c(c4ccccc24)OC2(C=N3)N(C)c3ccccc3C2(C)C)cc1. The van der Waals surface area contributed by atoms with Gasteiger partial charge in [0.05, 0.1) is 75.2 Å². The smallest absolute Gasteiger partial charge is 0.306 e. The first-order valence-electron chi connectivity index (χ1n) is 38.7. The molecule has 109 heavy (non-hydrogen) atoms. The molecule has 4 aliphatic heterocycles. The molecule has 8 aromatic rings. The fourth-order valence-corrected chi connectivity index (χ4v) is 24.6. The number of hydrogen-bond donors (Lipinski definition) is 0. The first-order chi connectivity index (χ1) is 52.3. The van der Waals surface area contributed by atoms with Crippen molar-refractivity contribution in [3.05, 3.63) is 169 Å². The third kappa shape index (κ3) is 17.8. The molecule has 0 aromatic heterocycles. The number of aliphatic imine (C=N–C) groups is 2. The summed E-state index contributed by atoms with van der Waals surface area (Å²) < 4.78 is 53.0. The third-order valence-electron chi connectivity index (χ3n) is 21.8. The highest BCUT2D eigenvalue weighted by Gasteiger charge is 2.60. The Kier molecular flexibility index (Phi) is 26.0. The number of anilines is 4. The van der Waals surface area contributed by atoms with E-state index in [0.717, 1.165) is 140 Å². The fraction of sp³-hybridized carbons (Fsp3) is 0.432. The van der Waals surface area contributed by atoms with E-state index in [1.807, 2.05) is 31.5 Å². The number of carbonyl (C=O) groups is 4. The van der Waals surface area contributed by atoms with Crippen molar-refractivity contribution in [2.24, 2.45) is 9.98 Å². The summed E-state index contributed by atoms with van der Waals surface area (Å²) in [5.74, 6) is -0.0442. The van der Waals surface area contributed by atoms with Crippen LogP contribution in [0.1, 0.15) is 105 Å². The molecule has 0 aliphatic carbocycles. The summed E-state index contributed by atoms with van der Waals surface area (Å²) in [5, 5.41) is 4.23. The molecule has 2 atom stereocenters. The highest BCUT2D eigenvalue weighted by atomic mass is 28.4. The minimum atomic E-state index is -1.78. The number of nitrogens with zero attached hydrogens (tertiary/aromatic N) is 6. The van der Waals surface area contributed by atoms with Gasteiger partial charge in [0.2, 0.25) is 11.4 Å². The summed E-state index contributed by atoms with van der Waals surface area (Å²) in [7, 11) is 2.42. The van der Waals surface area contributed by atoms with Crippen molar-refractivity contribution >= 4 is 109 Å². The van der Waals surface area contributed by atoms with Crippen LogP contribution < -0.4 is 29.1 Å². The van der Waals surface area contributed by atoms with Crippen LogP contribution in [0.3, 0.4) is 0 Å². The summed E-state index contributed by atoms with van der Waals surface area (Å²) in [6, 6.07) is 57.0. The second kappa shape index (κ2) is 35.1. The monoisotopic (exact) mass is 1510 g/mol. The number of rotatable bonds is 33. The zero-order valence-electron chi connectivity index (χ0n) is 66.3. The van der Waals surface area contributed by atoms with Crippen molar-refractivity contribution in [3.8, 4) is 33.8 Å². The molecule has 2 unspecified atom stereocenters. The summed E-state index contributed by atoms with van der Waals surface area (Å²) in [6.45, 7) is 29.3. The minimum Gasteiger partial charge on any atom is -0.466 e. The summed E-state index contributed by atoms with van der Waals surface area (Å²) >= 11 is 0. The Bertz CT molecular complexity index is 4580. The largest absolute Gasteiger partial charge is 0.466 e. The molecule has 0 radical (unpaired) electrons. The fourth-order valence-electron chi connectivity index (χ4n) is 15.8. The average Bonchev–Trinajstić information content (AvgIpc) is 1.58. The van der Waals surface area contributed by atoms with Gasteiger partial charge in [-0.2, -0.15) is 0 Å². The average molecular weight is 1520 g/mol. The van der Waals surface area contributed by atoms with E-state index in [1.165, 1.54) is 11.1 Å². The van der Waals surface area contributed by atoms with Crippen molar-refractivity contribution in [2.45, 2.75) is 154 Å². The van der Waals surface area contributed by atoms with Gasteiger partial charge in [-0.15, -0.1) is 0 Å². The zero-order chi connectivity index (χ0) is 77.7. The van der Waals surface area contributed by atoms with Gasteiger partial charge in [0.1, 0.15) is 31.2 Å². The molecule has 2 spiro atoms. The molecular weight excluding hydrogens is 1410 g/mol. The molecule has 4 aliphatic rings. The number of fused-ring (bicyclic) bond motifs is 8. The second-order valence-corrected chi connectivity index (χ2v) is 39.6. The number of ether oxygens (including phenoxy) is 8. The maximum Gasteiger partial charge on any atom is 0.306 e. The van der Waals surface area contributed by atoms with Gasteiger partial charge in [0.15, 0.2) is 28.1 Å². The summed E-state index contributed by atoms with van der Waals surface area (Å²) in [6.07, 6.45) is 6.66. The molecule has 12 rings (SSSR count). The third-order valence-corrected chi connectivity index (χ3v) is 29.3. The van der Waals surface area contributed by atoms with Crippen molar-refractivity contribution < 1.29 is 61.2 Å². The van der Waals surface area contributed by atoms with Gasteiger partial charge >= 0.3 is 23.9 Å². The Balaban J connectivity index is 0.000000225. The lowest BCUT2D eigenvalue weighted by Gasteiger charge is -2.45. The molecule has 4 heterocycles. The number of benzene rings is 8. The van der Waals surface area contributed by atoms with Crippen LogP contribution in [-0.2, 0) is 62.5 Å². The number of esters is 4. The number of methoxy groups -OCH3 is 1. The van der Waals surface area contributed by atoms with E-state index < -0.39 is 46.0 Å². The Morgan fingerprint density at radius 1 is 0.459 bits per heavy atom. The molecule has 8 aromatic carbocycles. The van der Waals surface area contributed by atoms with Crippen molar-refractivity contribution in [3.63, 3.8) is 0 Å². The van der Waals surface area contributed by atoms with Crippen LogP contribution in [0.2, 0.25) is 38.3 Å². The lowest BCUT2D eigenvalue weighted by atomic mass is 9.77. The number of hydrogen-bond acceptors (Lipinski definition) is 19. The van der Waals surface area contributed by atoms with Gasteiger partial charge in [0, 0.05) is 81.0 Å². The highest BCUT2D eigenvalue weighted by Crippen LogP contribution is 2.57. The lowest BCUT2D eigenvalue weighted by Crippen LogP contribution is -2.61. The summed E-state index contributed by atoms with van der Waals surface area (Å²) in [4.78, 5) is 67.5. The second-order valence-electron chi connectivity index (χ2n) is 30.7. The molecule has 0 saturated heterocycles. The molecule has 0 bridgehead atoms. The van der Waals surface area contributed by atoms with E-state index in [0.29, 0.717) is 32.9 Å². The molecule has 578 valence electrons. The Morgan fingerprint density at radius 2 is 0.835 bits per heavy atom. The lowest BCUT2D eigenvalue weighted by molar-refractivity contribution is -0.151. The Morgan fingerprint density at radius 3 is 1.23 bits per heavy atom. The van der Waals surface area contributed by atoms with Crippen molar-refractivity contribution in [1.29, 1.82) is 0 Å². The molecular formula is C88H110N6O13Si2. The van der Waals surface area contributed by atoms with Gasteiger partial charge in [0.25, 0.3) is 0 Å². The Labute approximate surface area is 646 Å². The first-order valence-corrected chi connectivity index (χ1v) is 44.9. The van der Waals surface area contributed by atoms with Crippen molar-refractivity contribution in [1.82, 2.24) is 0 Å². The van der Waals surface area contributed by atoms with Gasteiger partial charge in [-0.25, -0.2) is 0 Å². The molecule has 0 saturated carbocycles. The quantitative estimate of drug-likeness (QED) is 0.0163. The van der Waals surface area contributed by atoms with Crippen molar-refractivity contribution in [2.75, 3.05) is 113 Å². The minimum absolute atomic E-state index is 0.0241. The highest BCUT2D eigenvalue weighted by molar-refractivity contribution is 6.84. The molecule has 0 amide bonds. The van der Waals surface area contributed by atoms with E-state index in [4.69, 9.17) is 52.0 Å². The normalized spacial score (nSPS) is 16.9. The van der Waals surface area contributed by atoms with Gasteiger partial charge < -0.3 is 61.6 Å². The van der Waals surface area contributed by atoms with Crippen LogP contribution in [0.4, 0.5) is 34.1 Å². The molecule has 19 nitrogen and oxygen atoms in total. The molecule has 21 heteroatoms. The van der Waals surface area contributed by atoms with E-state index >= 15 is 0 Å². The maximum atomic E-state index is 12.5. The number of carbonyl (C=O) groups excluding carboxylic acids is 4. The maximum absolute atomic E-state index is 12.5. The van der Waals surface area contributed by atoms with Gasteiger partial charge in [-0.3, -0.25) is 29.2 Å². The van der Waals surface area contributed by atoms with E-state index in [1.54, 1.807) is 7.11 Å². The van der Waals surface area contributed by atoms with Crippen LogP contribution in [0.15, 0.2) is 168 Å².